The van der Waals surface area contributed by atoms with Crippen molar-refractivity contribution in [1.29, 1.82) is 0 Å². The molecule has 0 radical (unpaired) electrons. The molecule has 2 heteroatoms. The molecule has 0 aliphatic heterocycles. The van der Waals surface area contributed by atoms with Gasteiger partial charge in [-0.1, -0.05) is 39.0 Å². The van der Waals surface area contributed by atoms with Gasteiger partial charge in [0.05, 0.1) is 6.61 Å². The van der Waals surface area contributed by atoms with Crippen LogP contribution in [0.25, 0.3) is 0 Å². The Morgan fingerprint density at radius 1 is 1.20 bits per heavy atom. The zero-order valence-electron chi connectivity index (χ0n) is 10.1. The third-order valence-corrected chi connectivity index (χ3v) is 2.13. The summed E-state index contributed by atoms with van der Waals surface area (Å²) in [5.74, 6) is 0. The van der Waals surface area contributed by atoms with Crippen molar-refractivity contribution in [2.45, 2.75) is 27.4 Å². The molecule has 2 nitrogen and oxygen atoms in total. The Bertz CT molecular complexity index is 302. The number of hydrogen-bond donors (Lipinski definition) is 1. The van der Waals surface area contributed by atoms with E-state index >= 15 is 0 Å². The van der Waals surface area contributed by atoms with Crippen LogP contribution in [0.4, 0.5) is 5.69 Å². The van der Waals surface area contributed by atoms with Gasteiger partial charge in [-0.3, -0.25) is 0 Å². The fourth-order valence-corrected chi connectivity index (χ4v) is 1.33. The molecule has 0 atom stereocenters. The van der Waals surface area contributed by atoms with Gasteiger partial charge in [-0.15, -0.1) is 0 Å². The quantitative estimate of drug-likeness (QED) is 0.818. The van der Waals surface area contributed by atoms with Crippen LogP contribution in [0.2, 0.25) is 0 Å². The molecular weight excluding hydrogens is 186 g/mol. The fraction of sp³-hybridized carbons (Fsp3) is 0.538. The summed E-state index contributed by atoms with van der Waals surface area (Å²) < 4.78 is 5.16. The van der Waals surface area contributed by atoms with E-state index in [4.69, 9.17) is 4.74 Å². The Kier molecular flexibility index (Phi) is 4.15. The van der Waals surface area contributed by atoms with Crippen molar-refractivity contribution in [3.63, 3.8) is 0 Å². The molecule has 0 heterocycles. The first-order valence-corrected chi connectivity index (χ1v) is 5.33. The predicted octanol–water partition coefficient (Wildman–Crippen LogP) is 3.29. The van der Waals surface area contributed by atoms with Gasteiger partial charge in [0, 0.05) is 24.9 Å². The molecule has 0 fully saturated rings. The molecule has 0 saturated heterocycles. The van der Waals surface area contributed by atoms with Gasteiger partial charge in [0.25, 0.3) is 0 Å². The van der Waals surface area contributed by atoms with E-state index in [2.05, 4.69) is 38.2 Å². The van der Waals surface area contributed by atoms with Crippen molar-refractivity contribution in [2.24, 2.45) is 5.41 Å². The molecule has 0 unspecified atom stereocenters. The second-order valence-electron chi connectivity index (χ2n) is 5.00. The molecule has 1 rings (SSSR count). The first-order valence-electron chi connectivity index (χ1n) is 5.33. The second kappa shape index (κ2) is 5.17. The lowest BCUT2D eigenvalue weighted by molar-refractivity contribution is 0.185. The SMILES string of the molecule is COCc1ccccc1NCC(C)(C)C. The summed E-state index contributed by atoms with van der Waals surface area (Å²) in [4.78, 5) is 0. The van der Waals surface area contributed by atoms with E-state index in [1.54, 1.807) is 7.11 Å². The molecule has 0 amide bonds. The molecule has 0 aliphatic carbocycles. The monoisotopic (exact) mass is 207 g/mol. The summed E-state index contributed by atoms with van der Waals surface area (Å²) >= 11 is 0. The van der Waals surface area contributed by atoms with E-state index in [9.17, 15) is 0 Å². The predicted molar refractivity (Wildman–Crippen MR) is 65.1 cm³/mol. The maximum absolute atomic E-state index is 5.16. The van der Waals surface area contributed by atoms with Crippen molar-refractivity contribution in [1.82, 2.24) is 0 Å². The highest BCUT2D eigenvalue weighted by atomic mass is 16.5. The summed E-state index contributed by atoms with van der Waals surface area (Å²) in [6, 6.07) is 8.27. The maximum atomic E-state index is 5.16. The van der Waals surface area contributed by atoms with Gasteiger partial charge in [0.1, 0.15) is 0 Å². The first-order chi connectivity index (χ1) is 7.03. The minimum absolute atomic E-state index is 0.292. The Labute approximate surface area is 92.6 Å². The highest BCUT2D eigenvalue weighted by Crippen LogP contribution is 2.19. The molecule has 0 spiro atoms. The molecular formula is C13H21NO. The number of hydrogen-bond acceptors (Lipinski definition) is 2. The number of anilines is 1. The van der Waals surface area contributed by atoms with Gasteiger partial charge in [-0.05, 0) is 11.5 Å². The van der Waals surface area contributed by atoms with Gasteiger partial charge in [-0.2, -0.15) is 0 Å². The summed E-state index contributed by atoms with van der Waals surface area (Å²) in [7, 11) is 1.72. The second-order valence-corrected chi connectivity index (χ2v) is 5.00. The van der Waals surface area contributed by atoms with Gasteiger partial charge in [0.2, 0.25) is 0 Å². The molecule has 84 valence electrons. The van der Waals surface area contributed by atoms with Crippen LogP contribution in [-0.2, 0) is 11.3 Å². The standard InChI is InChI=1S/C13H21NO/c1-13(2,3)10-14-12-8-6-5-7-11(12)9-15-4/h5-8,14H,9-10H2,1-4H3. The number of ether oxygens (including phenoxy) is 1. The smallest absolute Gasteiger partial charge is 0.0733 e. The molecule has 15 heavy (non-hydrogen) atoms. The van der Waals surface area contributed by atoms with E-state index in [-0.39, 0.29) is 0 Å². The van der Waals surface area contributed by atoms with Crippen LogP contribution in [-0.4, -0.2) is 13.7 Å². The molecule has 1 N–H and O–H groups in total. The Morgan fingerprint density at radius 2 is 1.87 bits per heavy atom. The largest absolute Gasteiger partial charge is 0.384 e. The fourth-order valence-electron chi connectivity index (χ4n) is 1.33. The average molecular weight is 207 g/mol. The highest BCUT2D eigenvalue weighted by molar-refractivity contribution is 5.50. The highest BCUT2D eigenvalue weighted by Gasteiger charge is 2.10. The van der Waals surface area contributed by atoms with Crippen molar-refractivity contribution < 1.29 is 4.74 Å². The molecule has 0 saturated carbocycles. The summed E-state index contributed by atoms with van der Waals surface area (Å²) in [6.45, 7) is 8.29. The van der Waals surface area contributed by atoms with E-state index < -0.39 is 0 Å². The van der Waals surface area contributed by atoms with E-state index in [1.165, 1.54) is 11.3 Å². The number of benzene rings is 1. The summed E-state index contributed by atoms with van der Waals surface area (Å²) in [5, 5.41) is 3.46. The maximum Gasteiger partial charge on any atom is 0.0733 e. The third kappa shape index (κ3) is 4.34. The zero-order valence-corrected chi connectivity index (χ0v) is 10.1. The van der Waals surface area contributed by atoms with Crippen molar-refractivity contribution in [3.05, 3.63) is 29.8 Å². The lowest BCUT2D eigenvalue weighted by atomic mass is 9.96. The van der Waals surface area contributed by atoms with Gasteiger partial charge < -0.3 is 10.1 Å². The lowest BCUT2D eigenvalue weighted by Gasteiger charge is -2.21. The number of methoxy groups -OCH3 is 1. The third-order valence-electron chi connectivity index (χ3n) is 2.13. The number of nitrogens with one attached hydrogen (secondary N) is 1. The molecule has 1 aromatic rings. The van der Waals surface area contributed by atoms with Crippen LogP contribution in [0.3, 0.4) is 0 Å². The normalized spacial score (nSPS) is 11.5. The van der Waals surface area contributed by atoms with Crippen LogP contribution in [0, 0.1) is 5.41 Å². The summed E-state index contributed by atoms with van der Waals surface area (Å²) in [5.41, 5.74) is 2.68. The van der Waals surface area contributed by atoms with Crippen molar-refractivity contribution in [2.75, 3.05) is 19.0 Å². The van der Waals surface area contributed by atoms with Gasteiger partial charge in [0.15, 0.2) is 0 Å². The van der Waals surface area contributed by atoms with Crippen LogP contribution in [0.1, 0.15) is 26.3 Å². The van der Waals surface area contributed by atoms with Gasteiger partial charge in [-0.25, -0.2) is 0 Å². The minimum Gasteiger partial charge on any atom is -0.384 e. The van der Waals surface area contributed by atoms with Crippen molar-refractivity contribution >= 4 is 5.69 Å². The average Bonchev–Trinajstić information content (AvgIpc) is 2.16. The molecule has 1 aromatic carbocycles. The molecule has 0 aliphatic rings. The Hall–Kier alpha value is -1.02. The summed E-state index contributed by atoms with van der Waals surface area (Å²) in [6.07, 6.45) is 0. The van der Waals surface area contributed by atoms with Crippen LogP contribution in [0.15, 0.2) is 24.3 Å². The first kappa shape index (κ1) is 12.1. The Morgan fingerprint density at radius 3 is 2.47 bits per heavy atom. The van der Waals surface area contributed by atoms with Gasteiger partial charge >= 0.3 is 0 Å². The van der Waals surface area contributed by atoms with Crippen LogP contribution < -0.4 is 5.32 Å². The number of rotatable bonds is 4. The minimum atomic E-state index is 0.292. The van der Waals surface area contributed by atoms with E-state index in [1.807, 2.05) is 12.1 Å². The van der Waals surface area contributed by atoms with Crippen LogP contribution >= 0.6 is 0 Å². The Balaban J connectivity index is 2.67. The molecule has 0 bridgehead atoms. The topological polar surface area (TPSA) is 21.3 Å². The lowest BCUT2D eigenvalue weighted by Crippen LogP contribution is -2.19. The zero-order chi connectivity index (χ0) is 11.3. The van der Waals surface area contributed by atoms with E-state index in [0.29, 0.717) is 12.0 Å². The van der Waals surface area contributed by atoms with E-state index in [0.717, 1.165) is 6.54 Å². The molecule has 0 aromatic heterocycles. The van der Waals surface area contributed by atoms with Crippen LogP contribution in [0.5, 0.6) is 0 Å². The number of para-hydroxylation sites is 1. The van der Waals surface area contributed by atoms with Crippen molar-refractivity contribution in [3.8, 4) is 0 Å².